The van der Waals surface area contributed by atoms with Gasteiger partial charge in [0.15, 0.2) is 0 Å². The molecule has 0 aliphatic carbocycles. The van der Waals surface area contributed by atoms with Crippen molar-refractivity contribution in [3.63, 3.8) is 0 Å². The fourth-order valence-corrected chi connectivity index (χ4v) is 3.56. The first-order chi connectivity index (χ1) is 14.1. The molecular formula is C23H38N4O2. The summed E-state index contributed by atoms with van der Waals surface area (Å²) in [5, 5.41) is 5.72. The largest absolute Gasteiger partial charge is 0.368 e. The monoisotopic (exact) mass is 402 g/mol. The van der Waals surface area contributed by atoms with Gasteiger partial charge in [-0.1, -0.05) is 46.0 Å². The number of unbranched alkanes of at least 4 members (excludes halogenated alkanes) is 5. The highest BCUT2D eigenvalue weighted by atomic mass is 16.2. The molecule has 1 fully saturated rings. The van der Waals surface area contributed by atoms with Crippen molar-refractivity contribution < 1.29 is 9.59 Å². The Labute approximate surface area is 176 Å². The van der Waals surface area contributed by atoms with Crippen LogP contribution in [-0.2, 0) is 4.79 Å². The molecule has 0 saturated carbocycles. The van der Waals surface area contributed by atoms with Crippen molar-refractivity contribution in [1.29, 1.82) is 0 Å². The van der Waals surface area contributed by atoms with Crippen LogP contribution in [0.15, 0.2) is 24.3 Å². The number of amides is 3. The summed E-state index contributed by atoms with van der Waals surface area (Å²) < 4.78 is 0. The second-order valence-corrected chi connectivity index (χ2v) is 7.81. The summed E-state index contributed by atoms with van der Waals surface area (Å²) in [5.41, 5.74) is 1.92. The molecule has 1 aromatic rings. The maximum Gasteiger partial charge on any atom is 0.319 e. The molecule has 0 bridgehead atoms. The Kier molecular flexibility index (Phi) is 10.4. The quantitative estimate of drug-likeness (QED) is 0.531. The molecule has 29 heavy (non-hydrogen) atoms. The van der Waals surface area contributed by atoms with Crippen LogP contribution in [0.4, 0.5) is 16.2 Å². The Morgan fingerprint density at radius 3 is 2.17 bits per heavy atom. The summed E-state index contributed by atoms with van der Waals surface area (Å²) >= 11 is 0. The maximum absolute atomic E-state index is 12.4. The Balaban J connectivity index is 1.70. The average Bonchev–Trinajstić information content (AvgIpc) is 2.74. The maximum atomic E-state index is 12.4. The van der Waals surface area contributed by atoms with E-state index < -0.39 is 0 Å². The molecule has 2 N–H and O–H groups in total. The van der Waals surface area contributed by atoms with E-state index in [0.717, 1.165) is 63.2 Å². The zero-order valence-electron chi connectivity index (χ0n) is 18.2. The number of urea groups is 1. The van der Waals surface area contributed by atoms with E-state index in [9.17, 15) is 9.59 Å². The van der Waals surface area contributed by atoms with Crippen molar-refractivity contribution >= 4 is 23.3 Å². The molecule has 1 aliphatic rings. The molecule has 0 radical (unpaired) electrons. The molecule has 6 heteroatoms. The average molecular weight is 403 g/mol. The molecule has 0 atom stereocenters. The van der Waals surface area contributed by atoms with Crippen molar-refractivity contribution in [3.8, 4) is 0 Å². The third-order valence-corrected chi connectivity index (χ3v) is 5.43. The first-order valence-electron chi connectivity index (χ1n) is 11.3. The van der Waals surface area contributed by atoms with Gasteiger partial charge in [-0.3, -0.25) is 4.79 Å². The lowest BCUT2D eigenvalue weighted by atomic mass is 10.1. The lowest BCUT2D eigenvalue weighted by Crippen LogP contribution is -2.48. The summed E-state index contributed by atoms with van der Waals surface area (Å²) in [4.78, 5) is 28.5. The van der Waals surface area contributed by atoms with E-state index in [1.165, 1.54) is 19.3 Å². The van der Waals surface area contributed by atoms with Crippen LogP contribution in [0, 0.1) is 0 Å². The zero-order chi connectivity index (χ0) is 20.9. The van der Waals surface area contributed by atoms with Crippen LogP contribution in [0.2, 0.25) is 0 Å². The summed E-state index contributed by atoms with van der Waals surface area (Å²) in [6, 6.07) is 7.78. The van der Waals surface area contributed by atoms with Gasteiger partial charge in [0, 0.05) is 50.5 Å². The van der Waals surface area contributed by atoms with Crippen molar-refractivity contribution in [1.82, 2.24) is 10.2 Å². The van der Waals surface area contributed by atoms with Crippen molar-refractivity contribution in [2.75, 3.05) is 42.9 Å². The highest BCUT2D eigenvalue weighted by Crippen LogP contribution is 2.20. The topological polar surface area (TPSA) is 64.7 Å². The summed E-state index contributed by atoms with van der Waals surface area (Å²) in [5.74, 6) is 0.301. The van der Waals surface area contributed by atoms with Gasteiger partial charge in [-0.15, -0.1) is 0 Å². The first-order valence-corrected chi connectivity index (χ1v) is 11.3. The lowest BCUT2D eigenvalue weighted by Gasteiger charge is -2.36. The molecule has 1 saturated heterocycles. The number of anilines is 2. The Morgan fingerprint density at radius 1 is 0.862 bits per heavy atom. The number of piperazine rings is 1. The van der Waals surface area contributed by atoms with Gasteiger partial charge in [-0.2, -0.15) is 0 Å². The van der Waals surface area contributed by atoms with Crippen molar-refractivity contribution in [2.45, 2.75) is 65.2 Å². The van der Waals surface area contributed by atoms with Crippen LogP contribution in [-0.4, -0.2) is 49.6 Å². The molecule has 3 amide bonds. The van der Waals surface area contributed by atoms with E-state index in [2.05, 4.69) is 29.4 Å². The number of rotatable bonds is 11. The standard InChI is InChI=1S/C23H38N4O2/c1-3-5-7-8-9-10-22(28)27-18-16-26(17-19-27)21-13-11-20(12-14-21)25-23(29)24-15-6-4-2/h11-14H,3-10,15-19H2,1-2H3,(H2,24,25,29). The summed E-state index contributed by atoms with van der Waals surface area (Å²) in [6.07, 6.45) is 8.65. The van der Waals surface area contributed by atoms with Crippen LogP contribution in [0.25, 0.3) is 0 Å². The summed E-state index contributed by atoms with van der Waals surface area (Å²) in [6.45, 7) is 8.28. The first kappa shape index (κ1) is 23.0. The molecule has 162 valence electrons. The van der Waals surface area contributed by atoms with Crippen LogP contribution >= 0.6 is 0 Å². The molecule has 6 nitrogen and oxygen atoms in total. The van der Waals surface area contributed by atoms with Crippen molar-refractivity contribution in [3.05, 3.63) is 24.3 Å². The molecule has 2 rings (SSSR count). The fraction of sp³-hybridized carbons (Fsp3) is 0.652. The van der Waals surface area contributed by atoms with E-state index >= 15 is 0 Å². The zero-order valence-corrected chi connectivity index (χ0v) is 18.2. The fourth-order valence-electron chi connectivity index (χ4n) is 3.56. The van der Waals surface area contributed by atoms with E-state index in [1.807, 2.05) is 29.2 Å². The lowest BCUT2D eigenvalue weighted by molar-refractivity contribution is -0.131. The Morgan fingerprint density at radius 2 is 1.52 bits per heavy atom. The van der Waals surface area contributed by atoms with Gasteiger partial charge < -0.3 is 20.4 Å². The molecule has 0 unspecified atom stereocenters. The Hall–Kier alpha value is -2.24. The minimum Gasteiger partial charge on any atom is -0.368 e. The van der Waals surface area contributed by atoms with Crippen LogP contribution in [0.5, 0.6) is 0 Å². The van der Waals surface area contributed by atoms with Crippen molar-refractivity contribution in [2.24, 2.45) is 0 Å². The predicted molar refractivity (Wildman–Crippen MR) is 121 cm³/mol. The van der Waals surface area contributed by atoms with Gasteiger partial charge in [0.05, 0.1) is 0 Å². The van der Waals surface area contributed by atoms with Gasteiger partial charge in [-0.05, 0) is 37.1 Å². The van der Waals surface area contributed by atoms with E-state index in [0.29, 0.717) is 18.9 Å². The molecule has 0 aromatic heterocycles. The normalized spacial score (nSPS) is 14.0. The van der Waals surface area contributed by atoms with E-state index in [-0.39, 0.29) is 6.03 Å². The van der Waals surface area contributed by atoms with Gasteiger partial charge in [0.25, 0.3) is 0 Å². The molecule has 1 heterocycles. The summed E-state index contributed by atoms with van der Waals surface area (Å²) in [7, 11) is 0. The number of carbonyl (C=O) groups excluding carboxylic acids is 2. The SMILES string of the molecule is CCCCCCCC(=O)N1CCN(c2ccc(NC(=O)NCCCC)cc2)CC1. The van der Waals surface area contributed by atoms with Crippen LogP contribution < -0.4 is 15.5 Å². The number of hydrogen-bond donors (Lipinski definition) is 2. The molecule has 0 spiro atoms. The number of benzene rings is 1. The third kappa shape index (κ3) is 8.34. The Bertz CT molecular complexity index is 610. The molecule has 1 aliphatic heterocycles. The number of hydrogen-bond acceptors (Lipinski definition) is 3. The van der Waals surface area contributed by atoms with Crippen LogP contribution in [0.3, 0.4) is 0 Å². The second kappa shape index (κ2) is 13.1. The van der Waals surface area contributed by atoms with Gasteiger partial charge in [0.1, 0.15) is 0 Å². The van der Waals surface area contributed by atoms with Crippen LogP contribution in [0.1, 0.15) is 65.2 Å². The third-order valence-electron chi connectivity index (χ3n) is 5.43. The molecular weight excluding hydrogens is 364 g/mol. The van der Waals surface area contributed by atoms with Gasteiger partial charge in [-0.25, -0.2) is 4.79 Å². The van der Waals surface area contributed by atoms with E-state index in [1.54, 1.807) is 0 Å². The highest BCUT2D eigenvalue weighted by molar-refractivity contribution is 5.89. The van der Waals surface area contributed by atoms with Gasteiger partial charge in [0.2, 0.25) is 5.91 Å². The van der Waals surface area contributed by atoms with E-state index in [4.69, 9.17) is 0 Å². The number of nitrogens with zero attached hydrogens (tertiary/aromatic N) is 2. The van der Waals surface area contributed by atoms with Gasteiger partial charge >= 0.3 is 6.03 Å². The second-order valence-electron chi connectivity index (χ2n) is 7.81. The minimum atomic E-state index is -0.159. The number of nitrogens with one attached hydrogen (secondary N) is 2. The number of carbonyl (C=O) groups is 2. The predicted octanol–water partition coefficient (Wildman–Crippen LogP) is 4.62. The smallest absolute Gasteiger partial charge is 0.319 e. The highest BCUT2D eigenvalue weighted by Gasteiger charge is 2.20. The minimum absolute atomic E-state index is 0.159. The molecule has 1 aromatic carbocycles.